The van der Waals surface area contributed by atoms with Crippen LogP contribution in [0, 0.1) is 17.3 Å². The van der Waals surface area contributed by atoms with Gasteiger partial charge in [-0.15, -0.1) is 0 Å². The number of aliphatic hydroxyl groups is 2. The van der Waals surface area contributed by atoms with Crippen LogP contribution in [-0.4, -0.2) is 57.1 Å². The predicted octanol–water partition coefficient (Wildman–Crippen LogP) is 2.20. The monoisotopic (exact) mass is 384 g/mol. The van der Waals surface area contributed by atoms with E-state index in [-0.39, 0.29) is 30.5 Å². The number of aliphatic hydroxyl groups excluding tert-OH is 2. The third-order valence-electron chi connectivity index (χ3n) is 3.98. The second-order valence-corrected chi connectivity index (χ2v) is 6.95. The molecule has 1 saturated carbocycles. The highest BCUT2D eigenvalue weighted by Crippen LogP contribution is 2.34. The SMILES string of the molecule is CC(CS)C(=O)O.CC(CS)C(=O)O.OCC1(CO)CCCCC1. The zero-order valence-electron chi connectivity index (χ0n) is 14.5. The molecule has 1 fully saturated rings. The fraction of sp³-hybridized carbons (Fsp3) is 0.875. The van der Waals surface area contributed by atoms with E-state index >= 15 is 0 Å². The lowest BCUT2D eigenvalue weighted by Crippen LogP contribution is -2.31. The van der Waals surface area contributed by atoms with Gasteiger partial charge in [0.25, 0.3) is 0 Å². The van der Waals surface area contributed by atoms with Gasteiger partial charge in [0.1, 0.15) is 0 Å². The summed E-state index contributed by atoms with van der Waals surface area (Å²) in [5, 5.41) is 34.2. The predicted molar refractivity (Wildman–Crippen MR) is 101 cm³/mol. The van der Waals surface area contributed by atoms with E-state index in [2.05, 4.69) is 25.3 Å². The van der Waals surface area contributed by atoms with Crippen LogP contribution in [0.5, 0.6) is 0 Å². The van der Waals surface area contributed by atoms with Crippen molar-refractivity contribution in [3.05, 3.63) is 0 Å². The van der Waals surface area contributed by atoms with Crippen molar-refractivity contribution in [2.75, 3.05) is 24.7 Å². The first-order valence-corrected chi connectivity index (χ1v) is 9.35. The first-order chi connectivity index (χ1) is 11.2. The number of carboxylic acids is 2. The van der Waals surface area contributed by atoms with E-state index in [9.17, 15) is 9.59 Å². The Kier molecular flexibility index (Phi) is 16.0. The lowest BCUT2D eigenvalue weighted by molar-refractivity contribution is -0.141. The Morgan fingerprint density at radius 1 is 0.875 bits per heavy atom. The average molecular weight is 385 g/mol. The zero-order valence-corrected chi connectivity index (χ0v) is 16.3. The summed E-state index contributed by atoms with van der Waals surface area (Å²) in [4.78, 5) is 19.8. The van der Waals surface area contributed by atoms with Crippen molar-refractivity contribution in [1.82, 2.24) is 0 Å². The van der Waals surface area contributed by atoms with Gasteiger partial charge in [0.15, 0.2) is 0 Å². The zero-order chi connectivity index (χ0) is 19.2. The third-order valence-corrected chi connectivity index (χ3v) is 5.07. The Balaban J connectivity index is 0. The molecule has 0 aromatic rings. The Morgan fingerprint density at radius 2 is 1.21 bits per heavy atom. The van der Waals surface area contributed by atoms with Gasteiger partial charge in [0.05, 0.1) is 25.0 Å². The molecule has 2 atom stereocenters. The highest BCUT2D eigenvalue weighted by atomic mass is 32.1. The molecule has 4 N–H and O–H groups in total. The van der Waals surface area contributed by atoms with Gasteiger partial charge in [0, 0.05) is 16.9 Å². The van der Waals surface area contributed by atoms with E-state index < -0.39 is 11.9 Å². The van der Waals surface area contributed by atoms with Crippen LogP contribution in [0.4, 0.5) is 0 Å². The molecule has 24 heavy (non-hydrogen) atoms. The molecule has 0 saturated heterocycles. The molecule has 2 unspecified atom stereocenters. The molecule has 0 aromatic carbocycles. The van der Waals surface area contributed by atoms with E-state index in [1.165, 1.54) is 19.3 Å². The van der Waals surface area contributed by atoms with Crippen molar-refractivity contribution in [2.24, 2.45) is 17.3 Å². The number of carbonyl (C=O) groups is 2. The molecule has 0 aromatic heterocycles. The lowest BCUT2D eigenvalue weighted by Gasteiger charge is -2.33. The summed E-state index contributed by atoms with van der Waals surface area (Å²) in [7, 11) is 0. The number of aliphatic carboxylic acids is 2. The van der Waals surface area contributed by atoms with E-state index in [0.29, 0.717) is 11.5 Å². The Labute approximate surface area is 155 Å². The number of thiol groups is 2. The van der Waals surface area contributed by atoms with Crippen LogP contribution in [0.1, 0.15) is 46.0 Å². The Bertz CT molecular complexity index is 319. The highest BCUT2D eigenvalue weighted by Gasteiger charge is 2.30. The summed E-state index contributed by atoms with van der Waals surface area (Å²) in [6, 6.07) is 0. The maximum absolute atomic E-state index is 9.88. The standard InChI is InChI=1S/C8H16O2.2C4H8O2S/c9-6-8(7-10)4-2-1-3-5-8;2*1-3(2-7)4(5)6/h9-10H,1-7H2;2*3,7H,2H2,1H3,(H,5,6). The molecule has 1 aliphatic carbocycles. The summed E-state index contributed by atoms with van der Waals surface area (Å²) in [6.45, 7) is 3.55. The smallest absolute Gasteiger partial charge is 0.307 e. The van der Waals surface area contributed by atoms with Crippen LogP contribution in [0.2, 0.25) is 0 Å². The summed E-state index contributed by atoms with van der Waals surface area (Å²) in [5.41, 5.74) is -0.127. The van der Waals surface area contributed by atoms with Crippen LogP contribution in [-0.2, 0) is 9.59 Å². The van der Waals surface area contributed by atoms with E-state index in [1.807, 2.05) is 0 Å². The molecule has 1 aliphatic rings. The summed E-state index contributed by atoms with van der Waals surface area (Å²) < 4.78 is 0. The van der Waals surface area contributed by atoms with Gasteiger partial charge in [-0.05, 0) is 12.8 Å². The van der Waals surface area contributed by atoms with Crippen molar-refractivity contribution in [3.63, 3.8) is 0 Å². The molecule has 8 heteroatoms. The summed E-state index contributed by atoms with van der Waals surface area (Å²) in [6.07, 6.45) is 5.60. The minimum Gasteiger partial charge on any atom is -0.481 e. The third kappa shape index (κ3) is 12.0. The molecule has 0 aliphatic heterocycles. The summed E-state index contributed by atoms with van der Waals surface area (Å²) >= 11 is 7.55. The molecule has 0 amide bonds. The second kappa shape index (κ2) is 14.9. The fourth-order valence-electron chi connectivity index (χ4n) is 1.82. The van der Waals surface area contributed by atoms with Crippen LogP contribution in [0.25, 0.3) is 0 Å². The Morgan fingerprint density at radius 3 is 1.33 bits per heavy atom. The molecule has 0 bridgehead atoms. The molecular weight excluding hydrogens is 352 g/mol. The number of carboxylic acid groups (broad SMARTS) is 2. The quantitative estimate of drug-likeness (QED) is 0.391. The normalized spacial score (nSPS) is 18.1. The molecule has 0 radical (unpaired) electrons. The molecule has 144 valence electrons. The topological polar surface area (TPSA) is 115 Å². The minimum absolute atomic E-state index is 0.127. The van der Waals surface area contributed by atoms with Crippen LogP contribution in [0.3, 0.4) is 0 Å². The number of hydrogen-bond acceptors (Lipinski definition) is 6. The van der Waals surface area contributed by atoms with E-state index in [4.69, 9.17) is 20.4 Å². The summed E-state index contributed by atoms with van der Waals surface area (Å²) in [5.74, 6) is -1.37. The van der Waals surface area contributed by atoms with Gasteiger partial charge >= 0.3 is 11.9 Å². The molecular formula is C16H32O6S2. The molecule has 1 rings (SSSR count). The maximum atomic E-state index is 9.88. The maximum Gasteiger partial charge on any atom is 0.307 e. The van der Waals surface area contributed by atoms with Crippen molar-refractivity contribution in [1.29, 1.82) is 0 Å². The van der Waals surface area contributed by atoms with Gasteiger partial charge < -0.3 is 20.4 Å². The van der Waals surface area contributed by atoms with Crippen molar-refractivity contribution < 1.29 is 30.0 Å². The van der Waals surface area contributed by atoms with Gasteiger partial charge in [-0.3, -0.25) is 9.59 Å². The van der Waals surface area contributed by atoms with Gasteiger partial charge in [-0.1, -0.05) is 33.1 Å². The number of hydrogen-bond donors (Lipinski definition) is 6. The minimum atomic E-state index is -0.782. The van der Waals surface area contributed by atoms with Gasteiger partial charge in [0.2, 0.25) is 0 Å². The van der Waals surface area contributed by atoms with E-state index in [1.54, 1.807) is 13.8 Å². The van der Waals surface area contributed by atoms with Gasteiger partial charge in [-0.25, -0.2) is 0 Å². The highest BCUT2D eigenvalue weighted by molar-refractivity contribution is 7.80. The first kappa shape index (κ1) is 25.8. The molecule has 6 nitrogen and oxygen atoms in total. The largest absolute Gasteiger partial charge is 0.481 e. The van der Waals surface area contributed by atoms with Crippen LogP contribution in [0.15, 0.2) is 0 Å². The van der Waals surface area contributed by atoms with Crippen molar-refractivity contribution in [2.45, 2.75) is 46.0 Å². The first-order valence-electron chi connectivity index (χ1n) is 8.08. The van der Waals surface area contributed by atoms with Crippen molar-refractivity contribution >= 4 is 37.2 Å². The van der Waals surface area contributed by atoms with Crippen LogP contribution >= 0.6 is 25.3 Å². The molecule has 0 spiro atoms. The number of rotatable bonds is 6. The lowest BCUT2D eigenvalue weighted by atomic mass is 9.75. The second-order valence-electron chi connectivity index (χ2n) is 6.22. The fourth-order valence-corrected chi connectivity index (χ4v) is 2.14. The van der Waals surface area contributed by atoms with Crippen LogP contribution < -0.4 is 0 Å². The molecule has 0 heterocycles. The van der Waals surface area contributed by atoms with Gasteiger partial charge in [-0.2, -0.15) is 25.3 Å². The van der Waals surface area contributed by atoms with Crippen molar-refractivity contribution in [3.8, 4) is 0 Å². The average Bonchev–Trinajstić information content (AvgIpc) is 2.61. The Hall–Kier alpha value is -0.440. The van der Waals surface area contributed by atoms with E-state index in [0.717, 1.165) is 12.8 Å².